The lowest BCUT2D eigenvalue weighted by Crippen LogP contribution is -2.49. The van der Waals surface area contributed by atoms with Crippen LogP contribution in [0, 0.1) is 0 Å². The SMILES string of the molecule is CCOC(=O)NC1CCCN(C(=O)CCCNC)C1. The summed E-state index contributed by atoms with van der Waals surface area (Å²) >= 11 is 0. The van der Waals surface area contributed by atoms with Crippen LogP contribution in [0.5, 0.6) is 0 Å². The van der Waals surface area contributed by atoms with Crippen molar-refractivity contribution in [2.24, 2.45) is 0 Å². The lowest BCUT2D eigenvalue weighted by atomic mass is 10.1. The van der Waals surface area contributed by atoms with E-state index in [0.717, 1.165) is 32.4 Å². The Hall–Kier alpha value is -1.30. The summed E-state index contributed by atoms with van der Waals surface area (Å²) in [6.45, 7) is 4.38. The van der Waals surface area contributed by atoms with Crippen molar-refractivity contribution in [3.8, 4) is 0 Å². The van der Waals surface area contributed by atoms with Crippen LogP contribution in [0.15, 0.2) is 0 Å². The standard InChI is InChI=1S/C13H25N3O3/c1-3-19-13(18)15-11-6-5-9-16(10-11)12(17)7-4-8-14-2/h11,14H,3-10H2,1-2H3,(H,15,18). The summed E-state index contributed by atoms with van der Waals surface area (Å²) in [6, 6.07) is 0.0149. The minimum Gasteiger partial charge on any atom is -0.450 e. The van der Waals surface area contributed by atoms with E-state index in [1.54, 1.807) is 6.92 Å². The Balaban J connectivity index is 2.32. The first-order chi connectivity index (χ1) is 9.17. The molecule has 110 valence electrons. The highest BCUT2D eigenvalue weighted by atomic mass is 16.5. The summed E-state index contributed by atoms with van der Waals surface area (Å²) in [7, 11) is 1.88. The normalized spacial score (nSPS) is 19.1. The predicted molar refractivity (Wildman–Crippen MR) is 72.9 cm³/mol. The molecule has 0 aromatic carbocycles. The Morgan fingerprint density at radius 2 is 2.21 bits per heavy atom. The van der Waals surface area contributed by atoms with E-state index >= 15 is 0 Å². The fraction of sp³-hybridized carbons (Fsp3) is 0.846. The average Bonchev–Trinajstić information content (AvgIpc) is 2.39. The van der Waals surface area contributed by atoms with E-state index in [1.165, 1.54) is 0 Å². The first-order valence-corrected chi connectivity index (χ1v) is 7.03. The van der Waals surface area contributed by atoms with Gasteiger partial charge >= 0.3 is 6.09 Å². The molecule has 0 saturated carbocycles. The van der Waals surface area contributed by atoms with Gasteiger partial charge in [0.25, 0.3) is 0 Å². The Bertz CT molecular complexity index is 297. The molecule has 1 aliphatic heterocycles. The van der Waals surface area contributed by atoms with Crippen LogP contribution in [0.4, 0.5) is 4.79 Å². The van der Waals surface area contributed by atoms with E-state index in [1.807, 2.05) is 11.9 Å². The van der Waals surface area contributed by atoms with Gasteiger partial charge in [-0.05, 0) is 39.8 Å². The van der Waals surface area contributed by atoms with Gasteiger partial charge in [0.1, 0.15) is 0 Å². The molecule has 6 nitrogen and oxygen atoms in total. The van der Waals surface area contributed by atoms with Crippen LogP contribution in [0.2, 0.25) is 0 Å². The van der Waals surface area contributed by atoms with E-state index in [9.17, 15) is 9.59 Å². The molecule has 1 unspecified atom stereocenters. The third-order valence-corrected chi connectivity index (χ3v) is 3.19. The molecule has 0 aromatic heterocycles. The summed E-state index contributed by atoms with van der Waals surface area (Å²) in [5.74, 6) is 0.172. The first-order valence-electron chi connectivity index (χ1n) is 7.03. The van der Waals surface area contributed by atoms with Gasteiger partial charge in [0.05, 0.1) is 6.61 Å². The number of nitrogens with zero attached hydrogens (tertiary/aromatic N) is 1. The molecule has 1 atom stereocenters. The number of alkyl carbamates (subject to hydrolysis) is 1. The van der Waals surface area contributed by atoms with Crippen molar-refractivity contribution in [2.45, 2.75) is 38.6 Å². The zero-order valence-electron chi connectivity index (χ0n) is 11.9. The summed E-state index contributed by atoms with van der Waals surface area (Å²) < 4.78 is 4.86. The minimum atomic E-state index is -0.392. The van der Waals surface area contributed by atoms with E-state index in [2.05, 4.69) is 10.6 Å². The van der Waals surface area contributed by atoms with Gasteiger partial charge in [-0.1, -0.05) is 0 Å². The van der Waals surface area contributed by atoms with Gasteiger partial charge in [-0.15, -0.1) is 0 Å². The van der Waals surface area contributed by atoms with Crippen LogP contribution in [-0.2, 0) is 9.53 Å². The number of hydrogen-bond donors (Lipinski definition) is 2. The maximum atomic E-state index is 12.0. The number of piperidine rings is 1. The molecule has 19 heavy (non-hydrogen) atoms. The fourth-order valence-electron chi connectivity index (χ4n) is 2.24. The second-order valence-corrected chi connectivity index (χ2v) is 4.75. The molecule has 1 aliphatic rings. The van der Waals surface area contributed by atoms with Gasteiger partial charge in [-0.2, -0.15) is 0 Å². The number of amides is 2. The zero-order chi connectivity index (χ0) is 14.1. The summed E-state index contributed by atoms with van der Waals surface area (Å²) in [5.41, 5.74) is 0. The highest BCUT2D eigenvalue weighted by molar-refractivity contribution is 5.76. The van der Waals surface area contributed by atoms with Crippen molar-refractivity contribution < 1.29 is 14.3 Å². The van der Waals surface area contributed by atoms with Crippen LogP contribution < -0.4 is 10.6 Å². The van der Waals surface area contributed by atoms with Crippen LogP contribution >= 0.6 is 0 Å². The number of carbonyl (C=O) groups is 2. The van der Waals surface area contributed by atoms with Gasteiger partial charge in [0.15, 0.2) is 0 Å². The van der Waals surface area contributed by atoms with E-state index < -0.39 is 6.09 Å². The van der Waals surface area contributed by atoms with Crippen molar-refractivity contribution in [3.63, 3.8) is 0 Å². The quantitative estimate of drug-likeness (QED) is 0.698. The molecule has 1 heterocycles. The fourth-order valence-corrected chi connectivity index (χ4v) is 2.24. The largest absolute Gasteiger partial charge is 0.450 e. The number of nitrogens with one attached hydrogen (secondary N) is 2. The van der Waals surface area contributed by atoms with Crippen LogP contribution in [0.25, 0.3) is 0 Å². The highest BCUT2D eigenvalue weighted by Crippen LogP contribution is 2.12. The Labute approximate surface area is 114 Å². The smallest absolute Gasteiger partial charge is 0.407 e. The number of rotatable bonds is 6. The molecule has 0 bridgehead atoms. The maximum absolute atomic E-state index is 12.0. The molecule has 0 aliphatic carbocycles. The third kappa shape index (κ3) is 5.92. The molecule has 1 rings (SSSR count). The second-order valence-electron chi connectivity index (χ2n) is 4.75. The molecular formula is C13H25N3O3. The van der Waals surface area contributed by atoms with E-state index in [-0.39, 0.29) is 11.9 Å². The molecular weight excluding hydrogens is 246 g/mol. The van der Waals surface area contributed by atoms with E-state index in [0.29, 0.717) is 19.6 Å². The first kappa shape index (κ1) is 15.8. The molecule has 6 heteroatoms. The van der Waals surface area contributed by atoms with Crippen LogP contribution in [-0.4, -0.2) is 56.2 Å². The maximum Gasteiger partial charge on any atom is 0.407 e. The summed E-state index contributed by atoms with van der Waals surface area (Å²) in [5, 5.41) is 5.84. The van der Waals surface area contributed by atoms with Crippen LogP contribution in [0.1, 0.15) is 32.6 Å². The number of hydrogen-bond acceptors (Lipinski definition) is 4. The lowest BCUT2D eigenvalue weighted by Gasteiger charge is -2.33. The van der Waals surface area contributed by atoms with Gasteiger partial charge in [-0.3, -0.25) is 4.79 Å². The van der Waals surface area contributed by atoms with Crippen LogP contribution in [0.3, 0.4) is 0 Å². The Kier molecular flexibility index (Phi) is 7.25. The summed E-state index contributed by atoms with van der Waals surface area (Å²) in [4.78, 5) is 25.2. The third-order valence-electron chi connectivity index (χ3n) is 3.19. The molecule has 0 aromatic rings. The van der Waals surface area contributed by atoms with Gasteiger partial charge in [0, 0.05) is 25.6 Å². The Morgan fingerprint density at radius 3 is 2.89 bits per heavy atom. The van der Waals surface area contributed by atoms with Gasteiger partial charge < -0.3 is 20.3 Å². The van der Waals surface area contributed by atoms with Crippen molar-refractivity contribution in [2.75, 3.05) is 33.3 Å². The average molecular weight is 271 g/mol. The molecule has 1 fully saturated rings. The second kappa shape index (κ2) is 8.74. The summed E-state index contributed by atoms with van der Waals surface area (Å²) in [6.07, 6.45) is 2.85. The van der Waals surface area contributed by atoms with Gasteiger partial charge in [-0.25, -0.2) is 4.79 Å². The monoisotopic (exact) mass is 271 g/mol. The highest BCUT2D eigenvalue weighted by Gasteiger charge is 2.24. The van der Waals surface area contributed by atoms with Crippen molar-refractivity contribution in [1.82, 2.24) is 15.5 Å². The van der Waals surface area contributed by atoms with Crippen molar-refractivity contribution in [3.05, 3.63) is 0 Å². The van der Waals surface area contributed by atoms with Gasteiger partial charge in [0.2, 0.25) is 5.91 Å². The Morgan fingerprint density at radius 1 is 1.42 bits per heavy atom. The molecule has 1 saturated heterocycles. The van der Waals surface area contributed by atoms with Crippen molar-refractivity contribution in [1.29, 1.82) is 0 Å². The number of ether oxygens (including phenoxy) is 1. The molecule has 2 amide bonds. The number of likely N-dealkylation sites (tertiary alicyclic amines) is 1. The number of carbonyl (C=O) groups excluding carboxylic acids is 2. The predicted octanol–water partition coefficient (Wildman–Crippen LogP) is 0.723. The minimum absolute atomic E-state index is 0.0149. The van der Waals surface area contributed by atoms with E-state index in [4.69, 9.17) is 4.74 Å². The molecule has 0 radical (unpaired) electrons. The molecule has 2 N–H and O–H groups in total. The zero-order valence-corrected chi connectivity index (χ0v) is 11.9. The molecule has 0 spiro atoms. The lowest BCUT2D eigenvalue weighted by molar-refractivity contribution is -0.132. The van der Waals surface area contributed by atoms with Crippen molar-refractivity contribution >= 4 is 12.0 Å². The topological polar surface area (TPSA) is 70.7 Å².